The van der Waals surface area contributed by atoms with Crippen LogP contribution < -0.4 is 0 Å². The summed E-state index contributed by atoms with van der Waals surface area (Å²) >= 11 is 0. The molecule has 3 heterocycles. The second-order valence-corrected chi connectivity index (χ2v) is 14.6. The molecule has 0 unspecified atom stereocenters. The van der Waals surface area contributed by atoms with Crippen molar-refractivity contribution in [3.8, 4) is 56.7 Å². The molecule has 11 aromatic rings. The van der Waals surface area contributed by atoms with Crippen LogP contribution in [0.4, 0.5) is 0 Å². The Balaban J connectivity index is 1.04. The monoisotopic (exact) mass is 729 g/mol. The van der Waals surface area contributed by atoms with Crippen LogP contribution in [0.2, 0.25) is 0 Å². The number of aromatic nitrogens is 5. The van der Waals surface area contributed by atoms with E-state index in [1.54, 1.807) is 0 Å². The Kier molecular flexibility index (Phi) is 7.64. The van der Waals surface area contributed by atoms with E-state index in [4.69, 9.17) is 15.0 Å². The normalized spacial score (nSPS) is 11.6. The first-order chi connectivity index (χ1) is 28.2. The highest BCUT2D eigenvalue weighted by molar-refractivity contribution is 6.12. The van der Waals surface area contributed by atoms with Crippen LogP contribution in [0.15, 0.2) is 194 Å². The van der Waals surface area contributed by atoms with E-state index in [0.717, 1.165) is 44.7 Å². The van der Waals surface area contributed by atoms with Gasteiger partial charge in [0, 0.05) is 49.6 Å². The van der Waals surface area contributed by atoms with Crippen LogP contribution in [0.5, 0.6) is 0 Å². The summed E-state index contributed by atoms with van der Waals surface area (Å²) in [5, 5.41) is 4.93. The number of nitrogens with zero attached hydrogens (tertiary/aromatic N) is 5. The quantitative estimate of drug-likeness (QED) is 0.171. The smallest absolute Gasteiger partial charge is 0.164 e. The molecule has 0 amide bonds. The maximum Gasteiger partial charge on any atom is 0.164 e. The van der Waals surface area contributed by atoms with Gasteiger partial charge in [0.1, 0.15) is 0 Å². The molecule has 0 aliphatic heterocycles. The summed E-state index contributed by atoms with van der Waals surface area (Å²) in [5.74, 6) is 1.93. The van der Waals surface area contributed by atoms with Gasteiger partial charge in [-0.3, -0.25) is 0 Å². The minimum atomic E-state index is 0.636. The molecule has 0 aliphatic carbocycles. The summed E-state index contributed by atoms with van der Waals surface area (Å²) in [7, 11) is 0. The predicted molar refractivity (Wildman–Crippen MR) is 235 cm³/mol. The first kappa shape index (κ1) is 32.8. The van der Waals surface area contributed by atoms with E-state index in [2.05, 4.69) is 150 Å². The molecular weight excluding hydrogens is 695 g/mol. The molecule has 8 aromatic carbocycles. The number of rotatable bonds is 6. The van der Waals surface area contributed by atoms with Crippen LogP contribution in [0.3, 0.4) is 0 Å². The van der Waals surface area contributed by atoms with Crippen molar-refractivity contribution in [3.63, 3.8) is 0 Å². The molecule has 11 rings (SSSR count). The van der Waals surface area contributed by atoms with Crippen molar-refractivity contribution in [1.82, 2.24) is 24.1 Å². The van der Waals surface area contributed by atoms with Crippen LogP contribution in [-0.2, 0) is 0 Å². The molecule has 0 atom stereocenters. The Morgan fingerprint density at radius 3 is 1.11 bits per heavy atom. The highest BCUT2D eigenvalue weighted by Gasteiger charge is 2.17. The third-order valence-corrected chi connectivity index (χ3v) is 11.1. The minimum Gasteiger partial charge on any atom is -0.309 e. The summed E-state index contributed by atoms with van der Waals surface area (Å²) in [5.41, 5.74) is 13.3. The molecule has 5 nitrogen and oxygen atoms in total. The average molecular weight is 730 g/mol. The Hall–Kier alpha value is -7.63. The van der Waals surface area contributed by atoms with Crippen LogP contribution in [0.25, 0.3) is 100 Å². The minimum absolute atomic E-state index is 0.636. The van der Waals surface area contributed by atoms with Crippen molar-refractivity contribution >= 4 is 43.6 Å². The molecule has 268 valence electrons. The number of hydrogen-bond acceptors (Lipinski definition) is 3. The van der Waals surface area contributed by atoms with Gasteiger partial charge in [-0.15, -0.1) is 0 Å². The zero-order valence-electron chi connectivity index (χ0n) is 31.2. The molecule has 0 spiro atoms. The van der Waals surface area contributed by atoms with Gasteiger partial charge in [-0.2, -0.15) is 0 Å². The van der Waals surface area contributed by atoms with E-state index in [1.165, 1.54) is 43.7 Å². The number of para-hydroxylation sites is 2. The van der Waals surface area contributed by atoms with Crippen molar-refractivity contribution in [3.05, 3.63) is 200 Å². The fraction of sp³-hybridized carbons (Fsp3) is 0.0192. The van der Waals surface area contributed by atoms with Crippen molar-refractivity contribution in [1.29, 1.82) is 0 Å². The number of aryl methyl sites for hydroxylation is 1. The number of benzene rings is 8. The first-order valence-corrected chi connectivity index (χ1v) is 19.3. The molecule has 57 heavy (non-hydrogen) atoms. The summed E-state index contributed by atoms with van der Waals surface area (Å²) in [6.45, 7) is 2.14. The molecule has 0 bridgehead atoms. The van der Waals surface area contributed by atoms with Gasteiger partial charge in [0.15, 0.2) is 17.5 Å². The zero-order valence-corrected chi connectivity index (χ0v) is 31.2. The summed E-state index contributed by atoms with van der Waals surface area (Å²) in [4.78, 5) is 14.8. The molecular formula is C52H35N5. The van der Waals surface area contributed by atoms with E-state index in [-0.39, 0.29) is 0 Å². The molecule has 0 aliphatic rings. The molecule has 3 aromatic heterocycles. The lowest BCUT2D eigenvalue weighted by molar-refractivity contribution is 1.07. The molecule has 5 heteroatoms. The van der Waals surface area contributed by atoms with Crippen LogP contribution in [0, 0.1) is 6.92 Å². The summed E-state index contributed by atoms with van der Waals surface area (Å²) < 4.78 is 4.76. The Morgan fingerprint density at radius 1 is 0.298 bits per heavy atom. The van der Waals surface area contributed by atoms with Gasteiger partial charge in [0.2, 0.25) is 0 Å². The van der Waals surface area contributed by atoms with Crippen LogP contribution in [0.1, 0.15) is 5.56 Å². The third-order valence-electron chi connectivity index (χ3n) is 11.1. The highest BCUT2D eigenvalue weighted by Crippen LogP contribution is 2.38. The van der Waals surface area contributed by atoms with Gasteiger partial charge in [-0.25, -0.2) is 15.0 Å². The lowest BCUT2D eigenvalue weighted by Gasteiger charge is -2.12. The van der Waals surface area contributed by atoms with E-state index in [9.17, 15) is 0 Å². The first-order valence-electron chi connectivity index (χ1n) is 19.3. The lowest BCUT2D eigenvalue weighted by Crippen LogP contribution is -2.00. The Bertz CT molecular complexity index is 3210. The molecule has 0 fully saturated rings. The summed E-state index contributed by atoms with van der Waals surface area (Å²) in [6.07, 6.45) is 0. The Morgan fingerprint density at radius 2 is 0.649 bits per heavy atom. The summed E-state index contributed by atoms with van der Waals surface area (Å²) in [6, 6.07) is 68.7. The fourth-order valence-electron chi connectivity index (χ4n) is 8.25. The largest absolute Gasteiger partial charge is 0.309 e. The molecule has 0 radical (unpaired) electrons. The van der Waals surface area contributed by atoms with Gasteiger partial charge < -0.3 is 9.13 Å². The van der Waals surface area contributed by atoms with Gasteiger partial charge in [0.25, 0.3) is 0 Å². The Labute approximate surface area is 329 Å². The molecule has 0 saturated carbocycles. The molecule has 0 saturated heterocycles. The van der Waals surface area contributed by atoms with Gasteiger partial charge in [-0.1, -0.05) is 139 Å². The van der Waals surface area contributed by atoms with Crippen molar-refractivity contribution < 1.29 is 0 Å². The van der Waals surface area contributed by atoms with Crippen molar-refractivity contribution in [2.24, 2.45) is 0 Å². The predicted octanol–water partition coefficient (Wildman–Crippen LogP) is 13.0. The number of fused-ring (bicyclic) bond motifs is 6. The second-order valence-electron chi connectivity index (χ2n) is 14.6. The third kappa shape index (κ3) is 5.59. The van der Waals surface area contributed by atoms with E-state index < -0.39 is 0 Å². The number of hydrogen-bond donors (Lipinski definition) is 0. The molecule has 0 N–H and O–H groups in total. The van der Waals surface area contributed by atoms with Gasteiger partial charge in [-0.05, 0) is 78.7 Å². The second kappa shape index (κ2) is 13.3. The van der Waals surface area contributed by atoms with E-state index >= 15 is 0 Å². The van der Waals surface area contributed by atoms with Crippen LogP contribution >= 0.6 is 0 Å². The zero-order chi connectivity index (χ0) is 37.9. The van der Waals surface area contributed by atoms with Crippen molar-refractivity contribution in [2.45, 2.75) is 6.92 Å². The topological polar surface area (TPSA) is 48.5 Å². The van der Waals surface area contributed by atoms with E-state index in [1.807, 2.05) is 60.7 Å². The van der Waals surface area contributed by atoms with E-state index in [0.29, 0.717) is 17.5 Å². The highest BCUT2D eigenvalue weighted by atomic mass is 15.0. The fourth-order valence-corrected chi connectivity index (χ4v) is 8.25. The van der Waals surface area contributed by atoms with Crippen LogP contribution in [-0.4, -0.2) is 24.1 Å². The van der Waals surface area contributed by atoms with Gasteiger partial charge in [0.05, 0.1) is 22.1 Å². The standard InChI is InChI=1S/C52H35N5/c1-34-20-26-40(27-21-34)56-46-18-10-8-16-42(46)44-30-24-38(32-48(44)56)39-25-31-45-43-17-9-11-19-47(43)57(49(45)33-39)41-28-22-37(23-29-41)52-54-50(35-12-4-2-5-13-35)53-51(55-52)36-14-6-3-7-15-36/h2-33H,1H3. The maximum absolute atomic E-state index is 4.97. The van der Waals surface area contributed by atoms with Gasteiger partial charge >= 0.3 is 0 Å². The SMILES string of the molecule is Cc1ccc(-n2c3ccccc3c3ccc(-c4ccc5c6ccccc6n(-c6ccc(-c7nc(-c8ccccc8)nc(-c8ccccc8)n7)cc6)c5c4)cc32)cc1. The lowest BCUT2D eigenvalue weighted by atomic mass is 10.0. The van der Waals surface area contributed by atoms with Crippen molar-refractivity contribution in [2.75, 3.05) is 0 Å². The maximum atomic E-state index is 4.97. The average Bonchev–Trinajstić information content (AvgIpc) is 3.79.